The van der Waals surface area contributed by atoms with Crippen molar-refractivity contribution >= 4 is 11.7 Å². The van der Waals surface area contributed by atoms with Gasteiger partial charge in [-0.2, -0.15) is 0 Å². The number of nitrogens with two attached hydrogens (primary N) is 1. The van der Waals surface area contributed by atoms with Crippen LogP contribution >= 0.6 is 0 Å². The molecule has 0 aromatic heterocycles. The van der Waals surface area contributed by atoms with E-state index in [1.165, 1.54) is 0 Å². The van der Waals surface area contributed by atoms with Crippen molar-refractivity contribution in [3.8, 4) is 5.75 Å². The molecular formula is C11H15N3O2. The van der Waals surface area contributed by atoms with E-state index < -0.39 is 0 Å². The van der Waals surface area contributed by atoms with Gasteiger partial charge in [-0.1, -0.05) is 0 Å². The van der Waals surface area contributed by atoms with Crippen LogP contribution in [0.25, 0.3) is 0 Å². The third-order valence-electron chi connectivity index (χ3n) is 2.38. The lowest BCUT2D eigenvalue weighted by Crippen LogP contribution is -2.32. The van der Waals surface area contributed by atoms with Gasteiger partial charge in [0.05, 0.1) is 6.61 Å². The van der Waals surface area contributed by atoms with Gasteiger partial charge in [-0.15, -0.1) is 0 Å². The molecule has 5 heteroatoms. The summed E-state index contributed by atoms with van der Waals surface area (Å²) in [6.07, 6.45) is 0.898. The highest BCUT2D eigenvalue weighted by Gasteiger charge is 2.12. The molecule has 86 valence electrons. The van der Waals surface area contributed by atoms with Crippen LogP contribution in [0.2, 0.25) is 0 Å². The number of urea groups is 1. The smallest absolute Gasteiger partial charge is 0.319 e. The van der Waals surface area contributed by atoms with Crippen molar-refractivity contribution in [3.05, 3.63) is 23.8 Å². The molecule has 0 saturated heterocycles. The largest absolute Gasteiger partial charge is 0.493 e. The van der Waals surface area contributed by atoms with Gasteiger partial charge in [-0.05, 0) is 23.8 Å². The minimum absolute atomic E-state index is 0.232. The van der Waals surface area contributed by atoms with Crippen LogP contribution in [0.15, 0.2) is 18.2 Å². The predicted octanol–water partition coefficient (Wildman–Crippen LogP) is 0.702. The minimum Gasteiger partial charge on any atom is -0.493 e. The summed E-state index contributed by atoms with van der Waals surface area (Å²) in [5, 5.41) is 5.39. The lowest BCUT2D eigenvalue weighted by Gasteiger charge is -2.07. The summed E-state index contributed by atoms with van der Waals surface area (Å²) in [6, 6.07) is 5.40. The zero-order valence-electron chi connectivity index (χ0n) is 8.95. The highest BCUT2D eigenvalue weighted by molar-refractivity contribution is 5.89. The van der Waals surface area contributed by atoms with Crippen LogP contribution < -0.4 is 21.1 Å². The molecule has 16 heavy (non-hydrogen) atoms. The molecule has 2 amide bonds. The number of benzene rings is 1. The average molecular weight is 221 g/mol. The van der Waals surface area contributed by atoms with Gasteiger partial charge in [0.15, 0.2) is 0 Å². The standard InChI is InChI=1S/C11H15N3O2/c12-4-5-13-11(15)14-9-1-2-10-8(7-9)3-6-16-10/h1-2,7H,3-6,12H2,(H2,13,14,15). The van der Waals surface area contributed by atoms with E-state index in [4.69, 9.17) is 10.5 Å². The molecule has 1 aliphatic heterocycles. The van der Waals surface area contributed by atoms with Gasteiger partial charge in [0.2, 0.25) is 0 Å². The normalized spacial score (nSPS) is 12.8. The van der Waals surface area contributed by atoms with Crippen molar-refractivity contribution in [2.75, 3.05) is 25.0 Å². The summed E-state index contributed by atoms with van der Waals surface area (Å²) >= 11 is 0. The Balaban J connectivity index is 1.97. The fourth-order valence-electron chi connectivity index (χ4n) is 1.63. The molecule has 1 heterocycles. The Morgan fingerprint density at radius 2 is 2.38 bits per heavy atom. The van der Waals surface area contributed by atoms with Crippen molar-refractivity contribution in [1.82, 2.24) is 5.32 Å². The first-order valence-corrected chi connectivity index (χ1v) is 5.30. The molecule has 0 bridgehead atoms. The molecule has 0 radical (unpaired) electrons. The number of amides is 2. The van der Waals surface area contributed by atoms with Crippen LogP contribution in [0.4, 0.5) is 10.5 Å². The summed E-state index contributed by atoms with van der Waals surface area (Å²) in [6.45, 7) is 1.63. The van der Waals surface area contributed by atoms with Crippen molar-refractivity contribution in [3.63, 3.8) is 0 Å². The molecule has 0 aliphatic carbocycles. The molecule has 0 saturated carbocycles. The fourth-order valence-corrected chi connectivity index (χ4v) is 1.63. The highest BCUT2D eigenvalue weighted by atomic mass is 16.5. The van der Waals surface area contributed by atoms with Crippen LogP contribution in [0, 0.1) is 0 Å². The lowest BCUT2D eigenvalue weighted by atomic mass is 10.1. The number of nitrogens with one attached hydrogen (secondary N) is 2. The monoisotopic (exact) mass is 221 g/mol. The lowest BCUT2D eigenvalue weighted by molar-refractivity contribution is 0.252. The summed E-state index contributed by atoms with van der Waals surface area (Å²) in [5.74, 6) is 0.910. The zero-order chi connectivity index (χ0) is 11.4. The molecule has 1 aromatic carbocycles. The van der Waals surface area contributed by atoms with E-state index in [1.807, 2.05) is 18.2 Å². The number of rotatable bonds is 3. The van der Waals surface area contributed by atoms with Gasteiger partial charge >= 0.3 is 6.03 Å². The Kier molecular flexibility index (Phi) is 3.26. The first-order valence-electron chi connectivity index (χ1n) is 5.30. The second-order valence-corrected chi connectivity index (χ2v) is 3.59. The number of hydrogen-bond acceptors (Lipinski definition) is 3. The predicted molar refractivity (Wildman–Crippen MR) is 61.7 cm³/mol. The van der Waals surface area contributed by atoms with E-state index in [2.05, 4.69) is 10.6 Å². The van der Waals surface area contributed by atoms with Crippen molar-refractivity contribution in [2.24, 2.45) is 5.73 Å². The van der Waals surface area contributed by atoms with E-state index in [0.717, 1.165) is 30.0 Å². The molecule has 5 nitrogen and oxygen atoms in total. The molecule has 0 unspecified atom stereocenters. The molecule has 0 fully saturated rings. The van der Waals surface area contributed by atoms with Crippen molar-refractivity contribution < 1.29 is 9.53 Å². The van der Waals surface area contributed by atoms with E-state index in [9.17, 15) is 4.79 Å². The Morgan fingerprint density at radius 1 is 1.50 bits per heavy atom. The van der Waals surface area contributed by atoms with Crippen LogP contribution in [0.3, 0.4) is 0 Å². The van der Waals surface area contributed by atoms with Crippen LogP contribution in [0.1, 0.15) is 5.56 Å². The average Bonchev–Trinajstić information content (AvgIpc) is 2.73. The molecule has 1 aliphatic rings. The van der Waals surface area contributed by atoms with Gasteiger partial charge in [0, 0.05) is 25.2 Å². The van der Waals surface area contributed by atoms with Crippen LogP contribution in [0.5, 0.6) is 5.75 Å². The van der Waals surface area contributed by atoms with Crippen LogP contribution in [-0.4, -0.2) is 25.7 Å². The number of ether oxygens (including phenoxy) is 1. The Labute approximate surface area is 94.0 Å². The molecule has 4 N–H and O–H groups in total. The quantitative estimate of drug-likeness (QED) is 0.703. The molecule has 1 aromatic rings. The summed E-state index contributed by atoms with van der Waals surface area (Å²) < 4.78 is 5.38. The Morgan fingerprint density at radius 3 is 3.19 bits per heavy atom. The molecule has 2 rings (SSSR count). The third kappa shape index (κ3) is 2.43. The minimum atomic E-state index is -0.232. The molecule has 0 atom stereocenters. The van der Waals surface area contributed by atoms with Gasteiger partial charge in [-0.25, -0.2) is 4.79 Å². The van der Waals surface area contributed by atoms with Crippen molar-refractivity contribution in [1.29, 1.82) is 0 Å². The SMILES string of the molecule is NCCNC(=O)Nc1ccc2c(c1)CCO2. The topological polar surface area (TPSA) is 76.4 Å². The van der Waals surface area contributed by atoms with E-state index >= 15 is 0 Å². The fraction of sp³-hybridized carbons (Fsp3) is 0.364. The van der Waals surface area contributed by atoms with E-state index in [1.54, 1.807) is 0 Å². The maximum atomic E-state index is 11.4. The third-order valence-corrected chi connectivity index (χ3v) is 2.38. The first kappa shape index (κ1) is 10.8. The number of hydrogen-bond donors (Lipinski definition) is 3. The Bertz CT molecular complexity index is 393. The summed E-state index contributed by atoms with van der Waals surface area (Å²) in [7, 11) is 0. The van der Waals surface area contributed by atoms with Gasteiger partial charge in [0.1, 0.15) is 5.75 Å². The number of carbonyl (C=O) groups is 1. The van der Waals surface area contributed by atoms with Gasteiger partial charge in [-0.3, -0.25) is 0 Å². The second-order valence-electron chi connectivity index (χ2n) is 3.59. The van der Waals surface area contributed by atoms with Crippen LogP contribution in [-0.2, 0) is 6.42 Å². The summed E-state index contributed by atoms with van der Waals surface area (Å²) in [5.41, 5.74) is 7.20. The van der Waals surface area contributed by atoms with E-state index in [0.29, 0.717) is 13.1 Å². The van der Waals surface area contributed by atoms with Crippen molar-refractivity contribution in [2.45, 2.75) is 6.42 Å². The number of fused-ring (bicyclic) bond motifs is 1. The van der Waals surface area contributed by atoms with Gasteiger partial charge in [0.25, 0.3) is 0 Å². The maximum Gasteiger partial charge on any atom is 0.319 e. The number of anilines is 1. The van der Waals surface area contributed by atoms with Gasteiger partial charge < -0.3 is 21.1 Å². The number of carbonyl (C=O) groups excluding carboxylic acids is 1. The second kappa shape index (κ2) is 4.85. The Hall–Kier alpha value is -1.75. The van der Waals surface area contributed by atoms with E-state index in [-0.39, 0.29) is 6.03 Å². The first-order chi connectivity index (χ1) is 7.79. The molecule has 0 spiro atoms. The molecular weight excluding hydrogens is 206 g/mol. The summed E-state index contributed by atoms with van der Waals surface area (Å²) in [4.78, 5) is 11.4. The maximum absolute atomic E-state index is 11.4. The zero-order valence-corrected chi connectivity index (χ0v) is 8.95. The highest BCUT2D eigenvalue weighted by Crippen LogP contribution is 2.27.